The number of carbonyl (C=O) groups is 1. The molecule has 0 amide bonds. The first-order chi connectivity index (χ1) is 9.58. The Labute approximate surface area is 118 Å². The number of rotatable bonds is 3. The number of fused-ring (bicyclic) bond motifs is 1. The number of imidazole rings is 1. The van der Waals surface area contributed by atoms with Crippen molar-refractivity contribution in [2.45, 2.75) is 38.5 Å². The molecule has 2 aromatic rings. The zero-order chi connectivity index (χ0) is 14.3. The standard InChI is InChI=1S/C16H20N2O2/c1-10-17-13-9-12(7-8-14(13)18(10)2)15(16(19)20)11-5-3-4-6-11/h7-9,11,15H,3-6H2,1-2H3,(H,19,20). The van der Waals surface area contributed by atoms with Gasteiger partial charge in [-0.25, -0.2) is 4.98 Å². The van der Waals surface area contributed by atoms with E-state index in [-0.39, 0.29) is 11.8 Å². The van der Waals surface area contributed by atoms with Gasteiger partial charge in [-0.15, -0.1) is 0 Å². The third-order valence-corrected chi connectivity index (χ3v) is 4.62. The molecule has 1 fully saturated rings. The Balaban J connectivity index is 2.04. The Kier molecular flexibility index (Phi) is 3.24. The molecule has 1 atom stereocenters. The van der Waals surface area contributed by atoms with Crippen LogP contribution >= 0.6 is 0 Å². The van der Waals surface area contributed by atoms with Crippen LogP contribution in [0.15, 0.2) is 18.2 Å². The lowest BCUT2D eigenvalue weighted by molar-refractivity contribution is -0.140. The maximum Gasteiger partial charge on any atom is 0.311 e. The smallest absolute Gasteiger partial charge is 0.311 e. The van der Waals surface area contributed by atoms with Gasteiger partial charge in [-0.1, -0.05) is 18.9 Å². The number of benzene rings is 1. The van der Waals surface area contributed by atoms with Gasteiger partial charge >= 0.3 is 5.97 Å². The highest BCUT2D eigenvalue weighted by molar-refractivity contribution is 5.81. The van der Waals surface area contributed by atoms with Crippen LogP contribution in [0.25, 0.3) is 11.0 Å². The Bertz CT molecular complexity index is 654. The van der Waals surface area contributed by atoms with Crippen molar-refractivity contribution >= 4 is 17.0 Å². The highest BCUT2D eigenvalue weighted by atomic mass is 16.4. The molecule has 3 rings (SSSR count). The van der Waals surface area contributed by atoms with E-state index in [1.807, 2.05) is 36.7 Å². The zero-order valence-electron chi connectivity index (χ0n) is 12.0. The number of carboxylic acid groups (broad SMARTS) is 1. The fraction of sp³-hybridized carbons (Fsp3) is 0.500. The summed E-state index contributed by atoms with van der Waals surface area (Å²) < 4.78 is 2.03. The molecule has 1 aromatic heterocycles. The Morgan fingerprint density at radius 3 is 2.75 bits per heavy atom. The van der Waals surface area contributed by atoms with Gasteiger partial charge in [0.25, 0.3) is 0 Å². The second-order valence-corrected chi connectivity index (χ2v) is 5.83. The third kappa shape index (κ3) is 2.09. The highest BCUT2D eigenvalue weighted by Gasteiger charge is 2.32. The molecule has 0 radical (unpaired) electrons. The van der Waals surface area contributed by atoms with E-state index in [0.717, 1.165) is 48.1 Å². The average molecular weight is 272 g/mol. The predicted molar refractivity (Wildman–Crippen MR) is 77.8 cm³/mol. The minimum atomic E-state index is -0.705. The van der Waals surface area contributed by atoms with Crippen LogP contribution in [-0.2, 0) is 11.8 Å². The summed E-state index contributed by atoms with van der Waals surface area (Å²) in [6.07, 6.45) is 4.35. The second kappa shape index (κ2) is 4.93. The molecular formula is C16H20N2O2. The van der Waals surface area contributed by atoms with Gasteiger partial charge in [-0.3, -0.25) is 4.79 Å². The van der Waals surface area contributed by atoms with Crippen molar-refractivity contribution in [2.75, 3.05) is 0 Å². The van der Waals surface area contributed by atoms with Crippen LogP contribution in [-0.4, -0.2) is 20.6 Å². The van der Waals surface area contributed by atoms with E-state index in [4.69, 9.17) is 0 Å². The second-order valence-electron chi connectivity index (χ2n) is 5.83. The van der Waals surface area contributed by atoms with Crippen molar-refractivity contribution in [3.63, 3.8) is 0 Å². The van der Waals surface area contributed by atoms with E-state index in [1.54, 1.807) is 0 Å². The number of aliphatic carboxylic acids is 1. The topological polar surface area (TPSA) is 55.1 Å². The van der Waals surface area contributed by atoms with Gasteiger partial charge in [0.2, 0.25) is 0 Å². The monoisotopic (exact) mass is 272 g/mol. The first kappa shape index (κ1) is 13.2. The third-order valence-electron chi connectivity index (χ3n) is 4.62. The van der Waals surface area contributed by atoms with Crippen LogP contribution in [0.1, 0.15) is 43.0 Å². The molecule has 0 spiro atoms. The number of carboxylic acids is 1. The average Bonchev–Trinajstić information content (AvgIpc) is 3.00. The van der Waals surface area contributed by atoms with Crippen molar-refractivity contribution < 1.29 is 9.90 Å². The number of aromatic nitrogens is 2. The summed E-state index contributed by atoms with van der Waals surface area (Å²) in [6, 6.07) is 5.91. The number of hydrogen-bond acceptors (Lipinski definition) is 2. The van der Waals surface area contributed by atoms with Crippen LogP contribution in [0, 0.1) is 12.8 Å². The number of aryl methyl sites for hydroxylation is 2. The molecule has 1 unspecified atom stereocenters. The summed E-state index contributed by atoms with van der Waals surface area (Å²) in [5, 5.41) is 9.59. The van der Waals surface area contributed by atoms with E-state index in [1.165, 1.54) is 0 Å². The van der Waals surface area contributed by atoms with E-state index in [0.29, 0.717) is 0 Å². The normalized spacial score (nSPS) is 17.7. The fourth-order valence-electron chi connectivity index (χ4n) is 3.44. The molecule has 0 bridgehead atoms. The summed E-state index contributed by atoms with van der Waals surface area (Å²) in [6.45, 7) is 1.96. The van der Waals surface area contributed by atoms with E-state index in [9.17, 15) is 9.90 Å². The van der Waals surface area contributed by atoms with E-state index >= 15 is 0 Å². The van der Waals surface area contributed by atoms with Gasteiger partial charge in [0, 0.05) is 7.05 Å². The Hall–Kier alpha value is -1.84. The van der Waals surface area contributed by atoms with Gasteiger partial charge in [0.05, 0.1) is 17.0 Å². The van der Waals surface area contributed by atoms with Crippen molar-refractivity contribution in [3.05, 3.63) is 29.6 Å². The number of hydrogen-bond donors (Lipinski definition) is 1. The molecule has 106 valence electrons. The summed E-state index contributed by atoms with van der Waals surface area (Å²) in [5.74, 6) is 0.132. The van der Waals surface area contributed by atoms with E-state index < -0.39 is 5.97 Å². The van der Waals surface area contributed by atoms with Crippen LogP contribution in [0.5, 0.6) is 0 Å². The van der Waals surface area contributed by atoms with Gasteiger partial charge in [0.1, 0.15) is 5.82 Å². The molecule has 4 heteroatoms. The number of nitrogens with zero attached hydrogens (tertiary/aromatic N) is 2. The molecule has 0 saturated heterocycles. The first-order valence-corrected chi connectivity index (χ1v) is 7.23. The van der Waals surface area contributed by atoms with Crippen LogP contribution < -0.4 is 0 Å². The summed E-state index contributed by atoms with van der Waals surface area (Å²) >= 11 is 0. The minimum Gasteiger partial charge on any atom is -0.481 e. The zero-order valence-corrected chi connectivity index (χ0v) is 12.0. The molecule has 20 heavy (non-hydrogen) atoms. The van der Waals surface area contributed by atoms with Crippen molar-refractivity contribution in [1.29, 1.82) is 0 Å². The molecule has 1 N–H and O–H groups in total. The summed E-state index contributed by atoms with van der Waals surface area (Å²) in [5.41, 5.74) is 2.85. The van der Waals surface area contributed by atoms with Gasteiger partial charge in [-0.05, 0) is 43.4 Å². The van der Waals surface area contributed by atoms with E-state index in [2.05, 4.69) is 4.98 Å². The molecule has 1 saturated carbocycles. The lowest BCUT2D eigenvalue weighted by Crippen LogP contribution is -2.19. The maximum atomic E-state index is 11.7. The minimum absolute atomic E-state index is 0.273. The fourth-order valence-corrected chi connectivity index (χ4v) is 3.44. The molecule has 4 nitrogen and oxygen atoms in total. The summed E-state index contributed by atoms with van der Waals surface area (Å²) in [7, 11) is 1.98. The maximum absolute atomic E-state index is 11.7. The Morgan fingerprint density at radius 2 is 2.10 bits per heavy atom. The van der Waals surface area contributed by atoms with Crippen LogP contribution in [0.2, 0.25) is 0 Å². The largest absolute Gasteiger partial charge is 0.481 e. The van der Waals surface area contributed by atoms with Crippen molar-refractivity contribution in [2.24, 2.45) is 13.0 Å². The predicted octanol–water partition coefficient (Wildman–Crippen LogP) is 3.24. The van der Waals surface area contributed by atoms with Gasteiger partial charge < -0.3 is 9.67 Å². The molecular weight excluding hydrogens is 252 g/mol. The lowest BCUT2D eigenvalue weighted by Gasteiger charge is -2.19. The highest BCUT2D eigenvalue weighted by Crippen LogP contribution is 2.38. The van der Waals surface area contributed by atoms with Crippen molar-refractivity contribution in [3.8, 4) is 0 Å². The molecule has 1 aliphatic carbocycles. The van der Waals surface area contributed by atoms with Gasteiger partial charge in [0.15, 0.2) is 0 Å². The molecule has 1 aromatic carbocycles. The quantitative estimate of drug-likeness (QED) is 0.933. The molecule has 1 aliphatic rings. The molecule has 1 heterocycles. The molecule has 0 aliphatic heterocycles. The van der Waals surface area contributed by atoms with Crippen LogP contribution in [0.4, 0.5) is 0 Å². The van der Waals surface area contributed by atoms with Crippen molar-refractivity contribution in [1.82, 2.24) is 9.55 Å². The van der Waals surface area contributed by atoms with Gasteiger partial charge in [-0.2, -0.15) is 0 Å². The Morgan fingerprint density at radius 1 is 1.40 bits per heavy atom. The first-order valence-electron chi connectivity index (χ1n) is 7.23. The SMILES string of the molecule is Cc1nc2cc(C(C(=O)O)C3CCCC3)ccc2n1C. The summed E-state index contributed by atoms with van der Waals surface area (Å²) in [4.78, 5) is 16.2. The van der Waals surface area contributed by atoms with Crippen LogP contribution in [0.3, 0.4) is 0 Å². The lowest BCUT2D eigenvalue weighted by atomic mass is 9.85.